The number of hydrogen-bond acceptors (Lipinski definition) is 10. The fourth-order valence-corrected chi connectivity index (χ4v) is 15.9. The Morgan fingerprint density at radius 2 is 0.485 bits per heavy atom. The lowest BCUT2D eigenvalue weighted by atomic mass is 9.88. The number of aromatic nitrogens is 6. The molecule has 0 aliphatic rings. The molecule has 97 heavy (non-hydrogen) atoms. The van der Waals surface area contributed by atoms with Crippen molar-refractivity contribution in [2.75, 3.05) is 4.90 Å². The lowest BCUT2D eigenvalue weighted by Gasteiger charge is -2.33. The monoisotopic (exact) mass is 1240 g/mol. The van der Waals surface area contributed by atoms with Crippen LogP contribution in [0.1, 0.15) is 16.7 Å². The number of rotatable bonds is 6. The Bertz CT molecular complexity index is 6410. The van der Waals surface area contributed by atoms with Crippen LogP contribution in [-0.2, 0) is 0 Å². The molecule has 6 aromatic heterocycles. The van der Waals surface area contributed by atoms with Gasteiger partial charge in [-0.15, -0.1) is 0 Å². The van der Waals surface area contributed by atoms with Gasteiger partial charge in [-0.3, -0.25) is 0 Å². The summed E-state index contributed by atoms with van der Waals surface area (Å²) in [6.07, 6.45) is 0. The largest absolute Gasteiger partial charge is 0.453 e. The Balaban J connectivity index is 0.872. The van der Waals surface area contributed by atoms with Gasteiger partial charge in [0.05, 0.1) is 50.2 Å². The fraction of sp³-hybridized carbons (Fsp3) is 0.0345. The van der Waals surface area contributed by atoms with Crippen molar-refractivity contribution in [2.45, 2.75) is 20.8 Å². The van der Waals surface area contributed by atoms with E-state index in [1.165, 1.54) is 0 Å². The van der Waals surface area contributed by atoms with E-state index < -0.39 is 0 Å². The molecule has 0 N–H and O–H groups in total. The number of para-hydroxylation sites is 6. The van der Waals surface area contributed by atoms with Gasteiger partial charge in [-0.25, -0.2) is 29.9 Å². The van der Waals surface area contributed by atoms with E-state index in [9.17, 15) is 0 Å². The normalized spacial score (nSPS) is 12.3. The molecule has 0 aliphatic carbocycles. The molecule has 0 saturated heterocycles. The second kappa shape index (κ2) is 20.1. The molecular formula is C87H51N7O3. The van der Waals surface area contributed by atoms with Crippen LogP contribution in [0.3, 0.4) is 0 Å². The second-order valence-corrected chi connectivity index (χ2v) is 25.6. The third kappa shape index (κ3) is 7.71. The van der Waals surface area contributed by atoms with Crippen LogP contribution in [0.5, 0.6) is 0 Å². The minimum Gasteiger partial charge on any atom is -0.453 e. The van der Waals surface area contributed by atoms with Crippen LogP contribution >= 0.6 is 0 Å². The molecule has 0 unspecified atom stereocenters. The summed E-state index contributed by atoms with van der Waals surface area (Å²) in [6.45, 7) is 6.64. The van der Waals surface area contributed by atoms with Gasteiger partial charge in [0.1, 0.15) is 33.1 Å². The number of nitrogens with zero attached hydrogens (tertiary/aromatic N) is 7. The highest BCUT2D eigenvalue weighted by atomic mass is 16.3. The van der Waals surface area contributed by atoms with Gasteiger partial charge in [0.25, 0.3) is 0 Å². The van der Waals surface area contributed by atoms with Gasteiger partial charge in [0.15, 0.2) is 33.5 Å². The Morgan fingerprint density at radius 1 is 0.227 bits per heavy atom. The van der Waals surface area contributed by atoms with E-state index >= 15 is 0 Å². The zero-order chi connectivity index (χ0) is 63.9. The second-order valence-electron chi connectivity index (χ2n) is 25.6. The molecule has 452 valence electrons. The number of hydrogen-bond donors (Lipinski definition) is 0. The summed E-state index contributed by atoms with van der Waals surface area (Å²) in [5, 5.41) is 12.1. The summed E-state index contributed by atoms with van der Waals surface area (Å²) in [6, 6.07) is 89.6. The average molecular weight is 1240 g/mol. The van der Waals surface area contributed by atoms with E-state index in [4.69, 9.17) is 43.2 Å². The summed E-state index contributed by atoms with van der Waals surface area (Å²) in [4.78, 5) is 34.8. The van der Waals surface area contributed by atoms with E-state index in [-0.39, 0.29) is 0 Å². The third-order valence-corrected chi connectivity index (χ3v) is 20.2. The van der Waals surface area contributed by atoms with E-state index in [0.717, 1.165) is 198 Å². The first-order chi connectivity index (χ1) is 47.8. The minimum absolute atomic E-state index is 0.686. The van der Waals surface area contributed by atoms with Gasteiger partial charge >= 0.3 is 0 Å². The van der Waals surface area contributed by atoms with Gasteiger partial charge < -0.3 is 18.2 Å². The van der Waals surface area contributed by atoms with Crippen molar-refractivity contribution in [3.8, 4) is 33.4 Å². The maximum absolute atomic E-state index is 7.00. The molecule has 0 saturated carbocycles. The molecule has 10 heteroatoms. The topological polar surface area (TPSA) is 120 Å². The SMILES string of the molecule is Cc1ccc2ccc3oc4ccc5nc6ccccc6c5c4nc3c2c1-c1ccccc1N(c1ccccc1-c1c(C)ccc2ccc3oc4ccc5nc6ccccc6c5c4nc3c12)c1ccccc1-c1c(C)ccc2ccc3oc4ccc5nc6ccccc6c5c4nc3c12. The summed E-state index contributed by atoms with van der Waals surface area (Å²) in [5.41, 5.74) is 26.3. The molecule has 0 aliphatic heterocycles. The highest BCUT2D eigenvalue weighted by Crippen LogP contribution is 2.53. The molecule has 0 atom stereocenters. The standard InChI is InChI=1S/C87H51N7O3/c1-46-28-31-49-34-40-67-82(91-85-70(95-67)43-37-61-79(85)52-16-4-10-22-58(52)88-61)76(49)73(46)55-19-7-13-25-64(55)94(65-26-14-8-20-56(65)74-47(2)29-32-50-35-41-68-83(77(50)74)92-86-71(96-68)44-38-62-80(86)53-17-5-11-23-59(53)89-62)66-27-15-9-21-57(66)75-48(3)30-33-51-36-42-69-84(78(51)75)93-87-72(97-69)45-39-63-81(87)54-18-6-12-24-60(54)90-63/h4-45H,1-3H3. The molecular weight excluding hydrogens is 1190 g/mol. The van der Waals surface area contributed by atoms with Crippen LogP contribution in [0.4, 0.5) is 17.1 Å². The molecule has 0 amide bonds. The Morgan fingerprint density at radius 3 is 0.804 bits per heavy atom. The van der Waals surface area contributed by atoms with Crippen molar-refractivity contribution in [3.05, 3.63) is 271 Å². The first kappa shape index (κ1) is 53.6. The van der Waals surface area contributed by atoms with Crippen LogP contribution in [0.15, 0.2) is 268 Å². The Hall–Kier alpha value is -12.9. The van der Waals surface area contributed by atoms with Crippen molar-refractivity contribution in [2.24, 2.45) is 0 Å². The molecule has 6 heterocycles. The molecule has 21 rings (SSSR count). The quantitative estimate of drug-likeness (QED) is 0.118. The molecule has 15 aromatic carbocycles. The van der Waals surface area contributed by atoms with Gasteiger partial charge in [0.2, 0.25) is 0 Å². The molecule has 0 bridgehead atoms. The van der Waals surface area contributed by atoms with Crippen LogP contribution in [0, 0.1) is 20.8 Å². The molecule has 10 nitrogen and oxygen atoms in total. The summed E-state index contributed by atoms with van der Waals surface area (Å²) < 4.78 is 21.0. The van der Waals surface area contributed by atoms with Gasteiger partial charge in [0, 0.05) is 65.2 Å². The predicted octanol–water partition coefficient (Wildman–Crippen LogP) is 23.5. The van der Waals surface area contributed by atoms with Crippen LogP contribution in [-0.4, -0.2) is 29.9 Å². The van der Waals surface area contributed by atoms with E-state index in [2.05, 4.69) is 226 Å². The summed E-state index contributed by atoms with van der Waals surface area (Å²) in [7, 11) is 0. The maximum atomic E-state index is 7.00. The number of benzene rings is 15. The van der Waals surface area contributed by atoms with Crippen molar-refractivity contribution >= 4 is 181 Å². The average Bonchev–Trinajstić information content (AvgIpc) is 1.65. The van der Waals surface area contributed by atoms with Gasteiger partial charge in [-0.2, -0.15) is 0 Å². The van der Waals surface area contributed by atoms with Crippen LogP contribution in [0.2, 0.25) is 0 Å². The first-order valence-corrected chi connectivity index (χ1v) is 32.7. The van der Waals surface area contributed by atoms with Crippen molar-refractivity contribution in [1.29, 1.82) is 0 Å². The highest BCUT2D eigenvalue weighted by Gasteiger charge is 2.29. The smallest absolute Gasteiger partial charge is 0.153 e. The van der Waals surface area contributed by atoms with Crippen LogP contribution < -0.4 is 4.90 Å². The highest BCUT2D eigenvalue weighted by molar-refractivity contribution is 6.25. The Kier molecular flexibility index (Phi) is 11.1. The molecule has 0 radical (unpaired) electrons. The van der Waals surface area contributed by atoms with Gasteiger partial charge in [-0.1, -0.05) is 164 Å². The number of anilines is 3. The Labute approximate surface area is 551 Å². The molecule has 21 aromatic rings. The molecule has 0 fully saturated rings. The van der Waals surface area contributed by atoms with Crippen molar-refractivity contribution in [1.82, 2.24) is 29.9 Å². The first-order valence-electron chi connectivity index (χ1n) is 32.7. The fourth-order valence-electron chi connectivity index (χ4n) is 15.9. The van der Waals surface area contributed by atoms with E-state index in [1.54, 1.807) is 0 Å². The summed E-state index contributed by atoms with van der Waals surface area (Å²) >= 11 is 0. The molecule has 0 spiro atoms. The summed E-state index contributed by atoms with van der Waals surface area (Å²) in [5.74, 6) is 0. The number of aryl methyl sites for hydroxylation is 3. The zero-order valence-electron chi connectivity index (χ0n) is 52.6. The third-order valence-electron chi connectivity index (χ3n) is 20.2. The van der Waals surface area contributed by atoms with Gasteiger partial charge in [-0.05, 0) is 161 Å². The number of fused-ring (bicyclic) bond motifs is 24. The van der Waals surface area contributed by atoms with E-state index in [1.807, 2.05) is 54.6 Å². The lowest BCUT2D eigenvalue weighted by Crippen LogP contribution is -2.14. The van der Waals surface area contributed by atoms with Crippen LogP contribution in [0.25, 0.3) is 198 Å². The van der Waals surface area contributed by atoms with Crippen molar-refractivity contribution < 1.29 is 13.3 Å². The van der Waals surface area contributed by atoms with E-state index in [0.29, 0.717) is 33.5 Å². The lowest BCUT2D eigenvalue weighted by molar-refractivity contribution is 0.658. The van der Waals surface area contributed by atoms with Crippen molar-refractivity contribution in [3.63, 3.8) is 0 Å². The predicted molar refractivity (Wildman–Crippen MR) is 398 cm³/mol. The zero-order valence-corrected chi connectivity index (χ0v) is 52.6. The minimum atomic E-state index is 0.686. The maximum Gasteiger partial charge on any atom is 0.153 e.